The van der Waals surface area contributed by atoms with Gasteiger partial charge in [0.05, 0.1) is 11.8 Å². The van der Waals surface area contributed by atoms with Crippen LogP contribution in [0.4, 0.5) is 0 Å². The van der Waals surface area contributed by atoms with Crippen LogP contribution in [0.3, 0.4) is 0 Å². The Labute approximate surface area is 130 Å². The number of nitrogens with two attached hydrogens (primary N) is 1. The van der Waals surface area contributed by atoms with Crippen molar-refractivity contribution >= 4 is 39.1 Å². The lowest BCUT2D eigenvalue weighted by atomic mass is 10.0. The lowest BCUT2D eigenvalue weighted by Crippen LogP contribution is -2.09. The van der Waals surface area contributed by atoms with Crippen LogP contribution >= 0.6 is 22.9 Å². The molecule has 0 unspecified atom stereocenters. The molecule has 0 fully saturated rings. The molecule has 6 heteroatoms. The molecule has 0 aliphatic heterocycles. The first kappa shape index (κ1) is 13.9. The summed E-state index contributed by atoms with van der Waals surface area (Å²) in [6, 6.07) is 11.2. The molecule has 0 bridgehead atoms. The van der Waals surface area contributed by atoms with E-state index in [1.54, 1.807) is 7.11 Å². The van der Waals surface area contributed by atoms with Crippen LogP contribution in [-0.4, -0.2) is 18.0 Å². The van der Waals surface area contributed by atoms with Crippen molar-refractivity contribution in [1.82, 2.24) is 4.98 Å². The summed E-state index contributed by atoms with van der Waals surface area (Å²) in [5.41, 5.74) is 7.73. The van der Waals surface area contributed by atoms with E-state index < -0.39 is 5.91 Å². The van der Waals surface area contributed by atoms with Crippen LogP contribution in [0.2, 0.25) is 5.02 Å². The number of nitrogens with zero attached hydrogens (tertiary/aromatic N) is 1. The number of rotatable bonds is 3. The molecule has 1 heterocycles. The first-order valence-corrected chi connectivity index (χ1v) is 7.33. The highest BCUT2D eigenvalue weighted by Gasteiger charge is 2.17. The number of carbonyl (C=O) groups excluding carboxylic acids is 1. The van der Waals surface area contributed by atoms with E-state index in [0.717, 1.165) is 15.8 Å². The molecule has 0 aliphatic carbocycles. The zero-order valence-corrected chi connectivity index (χ0v) is 12.7. The van der Waals surface area contributed by atoms with Gasteiger partial charge in [0.25, 0.3) is 5.91 Å². The van der Waals surface area contributed by atoms with E-state index in [4.69, 9.17) is 22.1 Å². The van der Waals surface area contributed by atoms with Crippen molar-refractivity contribution in [2.24, 2.45) is 5.73 Å². The summed E-state index contributed by atoms with van der Waals surface area (Å²) in [5, 5.41) is 0.890. The number of methoxy groups -OCH3 is 1. The van der Waals surface area contributed by atoms with Crippen LogP contribution in [-0.2, 0) is 0 Å². The molecule has 1 aromatic heterocycles. The van der Waals surface area contributed by atoms with E-state index in [9.17, 15) is 4.79 Å². The second-order valence-corrected chi connectivity index (χ2v) is 5.76. The summed E-state index contributed by atoms with van der Waals surface area (Å²) in [5.74, 6) is 0.0490. The number of amides is 1. The van der Waals surface area contributed by atoms with Gasteiger partial charge in [0, 0.05) is 16.1 Å². The molecule has 0 aliphatic rings. The van der Waals surface area contributed by atoms with Gasteiger partial charge in [0.1, 0.15) is 11.3 Å². The second kappa shape index (κ2) is 5.35. The topological polar surface area (TPSA) is 65.2 Å². The van der Waals surface area contributed by atoms with Gasteiger partial charge < -0.3 is 10.5 Å². The van der Waals surface area contributed by atoms with Crippen LogP contribution in [0, 0.1) is 0 Å². The van der Waals surface area contributed by atoms with E-state index in [-0.39, 0.29) is 5.01 Å². The zero-order valence-electron chi connectivity index (χ0n) is 11.1. The average molecular weight is 319 g/mol. The van der Waals surface area contributed by atoms with Gasteiger partial charge in [-0.3, -0.25) is 4.79 Å². The van der Waals surface area contributed by atoms with Gasteiger partial charge in [-0.1, -0.05) is 29.8 Å². The van der Waals surface area contributed by atoms with E-state index in [1.807, 2.05) is 36.4 Å². The quantitative estimate of drug-likeness (QED) is 0.800. The van der Waals surface area contributed by atoms with Gasteiger partial charge in [-0.15, -0.1) is 11.3 Å². The summed E-state index contributed by atoms with van der Waals surface area (Å²) in [6.45, 7) is 0. The summed E-state index contributed by atoms with van der Waals surface area (Å²) < 4.78 is 6.13. The molecule has 0 spiro atoms. The van der Waals surface area contributed by atoms with Gasteiger partial charge in [0.2, 0.25) is 0 Å². The van der Waals surface area contributed by atoms with Crippen LogP contribution < -0.4 is 10.5 Å². The Bertz CT molecular complexity index is 845. The van der Waals surface area contributed by atoms with Crippen LogP contribution in [0.15, 0.2) is 36.4 Å². The van der Waals surface area contributed by atoms with Gasteiger partial charge in [-0.05, 0) is 18.2 Å². The molecule has 21 heavy (non-hydrogen) atoms. The maximum Gasteiger partial charge on any atom is 0.277 e. The number of hydrogen-bond acceptors (Lipinski definition) is 4. The largest absolute Gasteiger partial charge is 0.494 e. The van der Waals surface area contributed by atoms with Gasteiger partial charge in [-0.25, -0.2) is 4.98 Å². The minimum absolute atomic E-state index is 0.253. The SMILES string of the molecule is COc1ccc(-c2ccccc2Cl)c2sc(C(N)=O)nc12. The average Bonchev–Trinajstić information content (AvgIpc) is 2.92. The number of fused-ring (bicyclic) bond motifs is 1. The van der Waals surface area contributed by atoms with Crippen molar-refractivity contribution in [3.8, 4) is 16.9 Å². The number of halogens is 1. The standard InChI is InChI=1S/C15H11ClN2O2S/c1-20-11-7-6-9(8-4-2-3-5-10(8)16)13-12(11)18-15(21-13)14(17)19/h2-7H,1H3,(H2,17,19). The van der Waals surface area contributed by atoms with Crippen molar-refractivity contribution in [3.05, 3.63) is 46.4 Å². The maximum atomic E-state index is 11.4. The summed E-state index contributed by atoms with van der Waals surface area (Å²) in [6.07, 6.45) is 0. The van der Waals surface area contributed by atoms with Crippen LogP contribution in [0.5, 0.6) is 5.75 Å². The molecule has 3 rings (SSSR count). The van der Waals surface area contributed by atoms with Crippen molar-refractivity contribution in [2.75, 3.05) is 7.11 Å². The van der Waals surface area contributed by atoms with Crippen LogP contribution in [0.1, 0.15) is 9.80 Å². The van der Waals surface area contributed by atoms with Gasteiger partial charge in [-0.2, -0.15) is 0 Å². The molecule has 106 valence electrons. The van der Waals surface area contributed by atoms with E-state index >= 15 is 0 Å². The van der Waals surface area contributed by atoms with Crippen molar-refractivity contribution in [3.63, 3.8) is 0 Å². The van der Waals surface area contributed by atoms with Crippen molar-refractivity contribution in [2.45, 2.75) is 0 Å². The second-order valence-electron chi connectivity index (χ2n) is 4.36. The molecule has 0 atom stereocenters. The van der Waals surface area contributed by atoms with E-state index in [0.29, 0.717) is 16.3 Å². The Morgan fingerprint density at radius 3 is 2.67 bits per heavy atom. The Hall–Kier alpha value is -2.11. The fraction of sp³-hybridized carbons (Fsp3) is 0.0667. The third kappa shape index (κ3) is 2.34. The minimum atomic E-state index is -0.552. The number of thiazole rings is 1. The fourth-order valence-electron chi connectivity index (χ4n) is 2.15. The molecule has 3 aromatic rings. The van der Waals surface area contributed by atoms with Gasteiger partial charge in [0.15, 0.2) is 5.01 Å². The Kier molecular flexibility index (Phi) is 3.53. The number of hydrogen-bond donors (Lipinski definition) is 1. The summed E-state index contributed by atoms with van der Waals surface area (Å²) in [4.78, 5) is 15.7. The maximum absolute atomic E-state index is 11.4. The van der Waals surface area contributed by atoms with E-state index in [2.05, 4.69) is 4.98 Å². The summed E-state index contributed by atoms with van der Waals surface area (Å²) >= 11 is 7.50. The van der Waals surface area contributed by atoms with Crippen LogP contribution in [0.25, 0.3) is 21.3 Å². The molecule has 2 N–H and O–H groups in total. The Morgan fingerprint density at radius 1 is 1.24 bits per heavy atom. The normalized spacial score (nSPS) is 10.8. The molecule has 0 saturated carbocycles. The Morgan fingerprint density at radius 2 is 2.00 bits per heavy atom. The van der Waals surface area contributed by atoms with Gasteiger partial charge >= 0.3 is 0 Å². The Balaban J connectivity index is 2.34. The fourth-order valence-corrected chi connectivity index (χ4v) is 3.34. The molecule has 4 nitrogen and oxygen atoms in total. The zero-order chi connectivity index (χ0) is 15.0. The lowest BCUT2D eigenvalue weighted by Gasteiger charge is -2.07. The number of carbonyl (C=O) groups is 1. The monoisotopic (exact) mass is 318 g/mol. The molecule has 0 saturated heterocycles. The first-order chi connectivity index (χ1) is 10.1. The molecular formula is C15H11ClN2O2S. The molecule has 0 radical (unpaired) electrons. The van der Waals surface area contributed by atoms with Crippen molar-refractivity contribution < 1.29 is 9.53 Å². The highest BCUT2D eigenvalue weighted by Crippen LogP contribution is 2.40. The predicted octanol–water partition coefficient (Wildman–Crippen LogP) is 3.72. The first-order valence-electron chi connectivity index (χ1n) is 6.14. The minimum Gasteiger partial charge on any atom is -0.494 e. The highest BCUT2D eigenvalue weighted by molar-refractivity contribution is 7.20. The smallest absolute Gasteiger partial charge is 0.277 e. The lowest BCUT2D eigenvalue weighted by molar-refractivity contribution is 0.1000. The highest BCUT2D eigenvalue weighted by atomic mass is 35.5. The van der Waals surface area contributed by atoms with Crippen molar-refractivity contribution in [1.29, 1.82) is 0 Å². The predicted molar refractivity (Wildman–Crippen MR) is 85.1 cm³/mol. The number of aromatic nitrogens is 1. The number of benzene rings is 2. The number of primary amides is 1. The third-order valence-corrected chi connectivity index (χ3v) is 4.53. The molecular weight excluding hydrogens is 308 g/mol. The summed E-state index contributed by atoms with van der Waals surface area (Å²) in [7, 11) is 1.56. The third-order valence-electron chi connectivity index (χ3n) is 3.10. The number of ether oxygens (including phenoxy) is 1. The molecule has 1 amide bonds. The molecule has 2 aromatic carbocycles. The van der Waals surface area contributed by atoms with E-state index in [1.165, 1.54) is 11.3 Å².